The number of hydrogen-bond donors (Lipinski definition) is 1. The number of nitrogens with one attached hydrogen (secondary N) is 1. The normalized spacial score (nSPS) is 22.9. The van der Waals surface area contributed by atoms with Gasteiger partial charge in [-0.2, -0.15) is 0 Å². The predicted octanol–water partition coefficient (Wildman–Crippen LogP) is 3.29. The van der Waals surface area contributed by atoms with Gasteiger partial charge in [0.25, 0.3) is 0 Å². The Morgan fingerprint density at radius 2 is 1.95 bits per heavy atom. The Labute approximate surface area is 119 Å². The number of rotatable bonds is 3. The van der Waals surface area contributed by atoms with Crippen LogP contribution >= 0.6 is 0 Å². The van der Waals surface area contributed by atoms with Crippen LogP contribution < -0.4 is 10.1 Å². The number of fused-ring (bicyclic) bond motifs is 1. The highest BCUT2D eigenvalue weighted by Crippen LogP contribution is 2.31. The van der Waals surface area contributed by atoms with Gasteiger partial charge in [-0.25, -0.2) is 0 Å². The van der Waals surface area contributed by atoms with Gasteiger partial charge in [-0.1, -0.05) is 18.2 Å². The van der Waals surface area contributed by atoms with E-state index in [1.54, 1.807) is 7.11 Å². The molecular weight excluding hydrogens is 250 g/mol. The van der Waals surface area contributed by atoms with Crippen LogP contribution in [0.5, 0.6) is 5.75 Å². The quantitative estimate of drug-likeness (QED) is 0.929. The van der Waals surface area contributed by atoms with Gasteiger partial charge in [-0.05, 0) is 54.4 Å². The molecule has 1 saturated heterocycles. The third-order valence-corrected chi connectivity index (χ3v) is 4.14. The molecule has 2 aromatic rings. The first-order valence-electron chi connectivity index (χ1n) is 7.16. The minimum atomic E-state index is 0.202. The fraction of sp³-hybridized carbons (Fsp3) is 0.412. The zero-order valence-electron chi connectivity index (χ0n) is 12.1. The van der Waals surface area contributed by atoms with Gasteiger partial charge in [0, 0.05) is 12.6 Å². The molecule has 1 N–H and O–H groups in total. The van der Waals surface area contributed by atoms with Crippen LogP contribution in [0.15, 0.2) is 36.4 Å². The molecule has 20 heavy (non-hydrogen) atoms. The van der Waals surface area contributed by atoms with Crippen molar-refractivity contribution in [3.05, 3.63) is 42.0 Å². The van der Waals surface area contributed by atoms with E-state index in [0.29, 0.717) is 6.04 Å². The molecule has 0 bridgehead atoms. The van der Waals surface area contributed by atoms with Crippen molar-refractivity contribution in [1.82, 2.24) is 5.32 Å². The highest BCUT2D eigenvalue weighted by atomic mass is 16.5. The fourth-order valence-corrected chi connectivity index (χ4v) is 2.86. The Balaban J connectivity index is 1.88. The molecule has 1 fully saturated rings. The summed E-state index contributed by atoms with van der Waals surface area (Å²) in [5.41, 5.74) is 1.27. The molecule has 3 rings (SSSR count). The second kappa shape index (κ2) is 5.81. The third-order valence-electron chi connectivity index (χ3n) is 4.14. The van der Waals surface area contributed by atoms with Gasteiger partial charge in [-0.15, -0.1) is 0 Å². The largest absolute Gasteiger partial charge is 0.497 e. The molecule has 0 spiro atoms. The second-order valence-corrected chi connectivity index (χ2v) is 5.34. The standard InChI is InChI=1S/C17H21NO2/c1-18-15-7-8-20-17(11-15)14-4-3-13-10-16(19-2)6-5-12(13)9-14/h3-6,9-10,15,17-18H,7-8,11H2,1-2H3. The van der Waals surface area contributed by atoms with E-state index >= 15 is 0 Å². The highest BCUT2D eigenvalue weighted by Gasteiger charge is 2.22. The first-order chi connectivity index (χ1) is 9.80. The van der Waals surface area contributed by atoms with Gasteiger partial charge in [0.2, 0.25) is 0 Å². The summed E-state index contributed by atoms with van der Waals surface area (Å²) in [4.78, 5) is 0. The topological polar surface area (TPSA) is 30.5 Å². The predicted molar refractivity (Wildman–Crippen MR) is 81.3 cm³/mol. The zero-order chi connectivity index (χ0) is 13.9. The molecule has 1 aliphatic heterocycles. The zero-order valence-corrected chi connectivity index (χ0v) is 12.1. The molecular formula is C17H21NO2. The van der Waals surface area contributed by atoms with E-state index in [4.69, 9.17) is 9.47 Å². The molecule has 2 aromatic carbocycles. The number of methoxy groups -OCH3 is 1. The number of benzene rings is 2. The van der Waals surface area contributed by atoms with Gasteiger partial charge < -0.3 is 14.8 Å². The average Bonchev–Trinajstić information content (AvgIpc) is 2.54. The van der Waals surface area contributed by atoms with Crippen LogP contribution in [0.3, 0.4) is 0 Å². The Bertz CT molecular complexity index is 597. The smallest absolute Gasteiger partial charge is 0.119 e. The minimum Gasteiger partial charge on any atom is -0.497 e. The van der Waals surface area contributed by atoms with Crippen LogP contribution in [0.1, 0.15) is 24.5 Å². The monoisotopic (exact) mass is 271 g/mol. The van der Waals surface area contributed by atoms with Gasteiger partial charge in [0.1, 0.15) is 5.75 Å². The number of ether oxygens (including phenoxy) is 2. The SMILES string of the molecule is CNC1CCOC(c2ccc3cc(OC)ccc3c2)C1. The Hall–Kier alpha value is -1.58. The summed E-state index contributed by atoms with van der Waals surface area (Å²) in [5.74, 6) is 0.898. The molecule has 2 unspecified atom stereocenters. The van der Waals surface area contributed by atoms with Crippen molar-refractivity contribution in [3.63, 3.8) is 0 Å². The Kier molecular flexibility index (Phi) is 3.90. The van der Waals surface area contributed by atoms with Crippen LogP contribution in [0.4, 0.5) is 0 Å². The van der Waals surface area contributed by atoms with Gasteiger partial charge in [0.05, 0.1) is 13.2 Å². The molecule has 3 heteroatoms. The molecule has 0 aromatic heterocycles. The van der Waals surface area contributed by atoms with Crippen LogP contribution in [0.25, 0.3) is 10.8 Å². The minimum absolute atomic E-state index is 0.202. The maximum Gasteiger partial charge on any atom is 0.119 e. The average molecular weight is 271 g/mol. The van der Waals surface area contributed by atoms with E-state index in [1.165, 1.54) is 16.3 Å². The lowest BCUT2D eigenvalue weighted by Gasteiger charge is -2.29. The summed E-state index contributed by atoms with van der Waals surface area (Å²) in [6.45, 7) is 0.830. The van der Waals surface area contributed by atoms with Gasteiger partial charge in [0.15, 0.2) is 0 Å². The maximum atomic E-state index is 5.93. The molecule has 106 valence electrons. The summed E-state index contributed by atoms with van der Waals surface area (Å²) in [7, 11) is 3.73. The molecule has 1 heterocycles. The summed E-state index contributed by atoms with van der Waals surface area (Å²) in [6.07, 6.45) is 2.34. The lowest BCUT2D eigenvalue weighted by molar-refractivity contribution is 0.00162. The molecule has 3 nitrogen and oxygen atoms in total. The lowest BCUT2D eigenvalue weighted by atomic mass is 9.95. The Morgan fingerprint density at radius 1 is 1.15 bits per heavy atom. The van der Waals surface area contributed by atoms with E-state index in [2.05, 4.69) is 35.6 Å². The van der Waals surface area contributed by atoms with Crippen LogP contribution in [0, 0.1) is 0 Å². The second-order valence-electron chi connectivity index (χ2n) is 5.34. The Morgan fingerprint density at radius 3 is 2.75 bits per heavy atom. The van der Waals surface area contributed by atoms with Crippen molar-refractivity contribution in [1.29, 1.82) is 0 Å². The van der Waals surface area contributed by atoms with Crippen molar-refractivity contribution >= 4 is 10.8 Å². The molecule has 0 amide bonds. The summed E-state index contributed by atoms with van der Waals surface area (Å²) < 4.78 is 11.2. The molecule has 0 aliphatic carbocycles. The van der Waals surface area contributed by atoms with Crippen LogP contribution in [-0.4, -0.2) is 26.8 Å². The summed E-state index contributed by atoms with van der Waals surface area (Å²) in [6, 6.07) is 13.3. The van der Waals surface area contributed by atoms with Crippen molar-refractivity contribution in [2.75, 3.05) is 20.8 Å². The molecule has 1 aliphatic rings. The highest BCUT2D eigenvalue weighted by molar-refractivity contribution is 5.84. The van der Waals surface area contributed by atoms with Crippen molar-refractivity contribution in [2.24, 2.45) is 0 Å². The summed E-state index contributed by atoms with van der Waals surface area (Å²) in [5, 5.41) is 5.80. The van der Waals surface area contributed by atoms with E-state index in [0.717, 1.165) is 25.2 Å². The van der Waals surface area contributed by atoms with Crippen molar-refractivity contribution in [3.8, 4) is 5.75 Å². The fourth-order valence-electron chi connectivity index (χ4n) is 2.86. The van der Waals surface area contributed by atoms with E-state index < -0.39 is 0 Å². The molecule has 0 radical (unpaired) electrons. The van der Waals surface area contributed by atoms with Gasteiger partial charge in [-0.3, -0.25) is 0 Å². The van der Waals surface area contributed by atoms with Gasteiger partial charge >= 0.3 is 0 Å². The molecule has 0 saturated carbocycles. The van der Waals surface area contributed by atoms with Crippen LogP contribution in [0.2, 0.25) is 0 Å². The first-order valence-corrected chi connectivity index (χ1v) is 7.16. The maximum absolute atomic E-state index is 5.93. The van der Waals surface area contributed by atoms with E-state index in [-0.39, 0.29) is 6.10 Å². The third kappa shape index (κ3) is 2.65. The molecule has 2 atom stereocenters. The number of hydrogen-bond acceptors (Lipinski definition) is 3. The van der Waals surface area contributed by atoms with E-state index in [9.17, 15) is 0 Å². The van der Waals surface area contributed by atoms with Crippen molar-refractivity contribution < 1.29 is 9.47 Å². The van der Waals surface area contributed by atoms with E-state index in [1.807, 2.05) is 13.1 Å². The van der Waals surface area contributed by atoms with Crippen LogP contribution in [-0.2, 0) is 4.74 Å². The lowest BCUT2D eigenvalue weighted by Crippen LogP contribution is -2.33. The summed E-state index contributed by atoms with van der Waals surface area (Å²) >= 11 is 0. The van der Waals surface area contributed by atoms with Crippen molar-refractivity contribution in [2.45, 2.75) is 25.0 Å². The first kappa shape index (κ1) is 13.4.